The average Bonchev–Trinajstić information content (AvgIpc) is 3.48. The van der Waals surface area contributed by atoms with Gasteiger partial charge in [-0.1, -0.05) is 70.2 Å². The van der Waals surface area contributed by atoms with Crippen molar-refractivity contribution in [2.24, 2.45) is 11.8 Å². The number of likely N-dealkylation sites (tertiary alicyclic amines) is 1. The summed E-state index contributed by atoms with van der Waals surface area (Å²) in [6, 6.07) is 11.6. The van der Waals surface area contributed by atoms with Crippen LogP contribution in [0.3, 0.4) is 0 Å². The third-order valence-electron chi connectivity index (χ3n) is 7.87. The molecular formula is C34H44F2N4O7. The molecule has 0 saturated carbocycles. The summed E-state index contributed by atoms with van der Waals surface area (Å²) in [5, 5.41) is 16.7. The third-order valence-corrected chi connectivity index (χ3v) is 7.87. The van der Waals surface area contributed by atoms with E-state index in [0.717, 1.165) is 11.1 Å². The van der Waals surface area contributed by atoms with Crippen LogP contribution in [0.2, 0.25) is 0 Å². The second-order valence-corrected chi connectivity index (χ2v) is 12.4. The lowest BCUT2D eigenvalue weighted by Gasteiger charge is -2.31. The number of alkyl halides is 2. The molecule has 0 aliphatic carbocycles. The minimum atomic E-state index is -2.90. The number of carboxylic acids is 1. The summed E-state index contributed by atoms with van der Waals surface area (Å²) in [5.74, 6) is -3.72. The van der Waals surface area contributed by atoms with Gasteiger partial charge in [-0.15, -0.1) is 0 Å². The maximum Gasteiger partial charge on any atom is 0.407 e. The lowest BCUT2D eigenvalue weighted by molar-refractivity contribution is -0.141. The Balaban J connectivity index is 1.76. The van der Waals surface area contributed by atoms with Crippen LogP contribution in [0.15, 0.2) is 54.6 Å². The fourth-order valence-corrected chi connectivity index (χ4v) is 5.34. The van der Waals surface area contributed by atoms with Gasteiger partial charge in [0.15, 0.2) is 0 Å². The Morgan fingerprint density at radius 3 is 2.19 bits per heavy atom. The second-order valence-electron chi connectivity index (χ2n) is 12.4. The van der Waals surface area contributed by atoms with Gasteiger partial charge >= 0.3 is 12.1 Å². The Labute approximate surface area is 273 Å². The number of carbonyl (C=O) groups excluding carboxylic acids is 4. The normalized spacial score (nSPS) is 17.3. The van der Waals surface area contributed by atoms with E-state index in [1.165, 1.54) is 17.0 Å². The molecule has 0 aromatic heterocycles. The molecule has 0 radical (unpaired) electrons. The van der Waals surface area contributed by atoms with E-state index in [2.05, 4.69) is 16.0 Å². The molecule has 11 nitrogen and oxygen atoms in total. The van der Waals surface area contributed by atoms with Gasteiger partial charge in [-0.2, -0.15) is 0 Å². The van der Waals surface area contributed by atoms with Crippen molar-refractivity contribution < 1.29 is 42.6 Å². The second kappa shape index (κ2) is 17.4. The molecule has 3 rings (SSSR count). The van der Waals surface area contributed by atoms with Gasteiger partial charge in [0.05, 0.1) is 12.2 Å². The van der Waals surface area contributed by atoms with Gasteiger partial charge in [-0.3, -0.25) is 14.4 Å². The molecule has 1 heterocycles. The van der Waals surface area contributed by atoms with E-state index in [0.29, 0.717) is 6.42 Å². The molecule has 4 atom stereocenters. The molecule has 1 fully saturated rings. The molecule has 13 heteroatoms. The van der Waals surface area contributed by atoms with Crippen LogP contribution < -0.4 is 16.0 Å². The van der Waals surface area contributed by atoms with E-state index < -0.39 is 60.8 Å². The van der Waals surface area contributed by atoms with Crippen molar-refractivity contribution in [3.63, 3.8) is 0 Å². The summed E-state index contributed by atoms with van der Waals surface area (Å²) in [5.41, 5.74) is 1.70. The fourth-order valence-electron chi connectivity index (χ4n) is 5.34. The van der Waals surface area contributed by atoms with E-state index in [9.17, 15) is 32.8 Å². The van der Waals surface area contributed by atoms with Crippen molar-refractivity contribution in [3.05, 3.63) is 71.3 Å². The number of rotatable bonds is 15. The number of alkyl carbamates (subject to hydrolysis) is 1. The van der Waals surface area contributed by atoms with Crippen LogP contribution in [0.25, 0.3) is 0 Å². The minimum Gasteiger partial charge on any atom is -0.478 e. The van der Waals surface area contributed by atoms with Crippen LogP contribution in [0.4, 0.5) is 13.6 Å². The van der Waals surface area contributed by atoms with Crippen LogP contribution in [-0.2, 0) is 25.5 Å². The average molecular weight is 659 g/mol. The number of aromatic carboxylic acids is 1. The first-order valence-corrected chi connectivity index (χ1v) is 15.7. The molecule has 1 saturated heterocycles. The molecule has 2 aromatic rings. The van der Waals surface area contributed by atoms with Crippen LogP contribution >= 0.6 is 0 Å². The van der Waals surface area contributed by atoms with E-state index >= 15 is 0 Å². The number of hydrogen-bond donors (Lipinski definition) is 4. The number of amides is 4. The largest absolute Gasteiger partial charge is 0.478 e. The number of nitrogens with zero attached hydrogens (tertiary/aromatic N) is 1. The Morgan fingerprint density at radius 1 is 0.957 bits per heavy atom. The van der Waals surface area contributed by atoms with Crippen molar-refractivity contribution >= 4 is 29.8 Å². The highest BCUT2D eigenvalue weighted by atomic mass is 19.3. The zero-order valence-corrected chi connectivity index (χ0v) is 27.1. The third kappa shape index (κ3) is 11.0. The molecule has 0 bridgehead atoms. The number of carbonyl (C=O) groups is 5. The molecule has 4 amide bonds. The van der Waals surface area contributed by atoms with Crippen LogP contribution in [-0.4, -0.2) is 84.0 Å². The van der Waals surface area contributed by atoms with Crippen LogP contribution in [0.1, 0.15) is 67.9 Å². The summed E-state index contributed by atoms with van der Waals surface area (Å²) < 4.78 is 32.4. The van der Waals surface area contributed by atoms with Gasteiger partial charge in [-0.25, -0.2) is 18.4 Å². The fraction of sp³-hybridized carbons (Fsp3) is 0.500. The first-order chi connectivity index (χ1) is 22.3. The first-order valence-electron chi connectivity index (χ1n) is 15.7. The molecule has 1 aliphatic heterocycles. The smallest absolute Gasteiger partial charge is 0.407 e. The van der Waals surface area contributed by atoms with Crippen molar-refractivity contribution in [1.29, 1.82) is 0 Å². The molecule has 256 valence electrons. The van der Waals surface area contributed by atoms with E-state index in [4.69, 9.17) is 9.84 Å². The van der Waals surface area contributed by atoms with Gasteiger partial charge in [0.25, 0.3) is 0 Å². The standard InChI is InChI=1S/C34H44F2N4O7/c1-20(2)19-47-34(46)39-29(21(3)4)32(43)40-18-25(23-8-6-5-7-9-23)16-27(40)31(42)38-26(17-28(35)36)30(41)37-15-14-22-10-12-24(13-11-22)33(44)45/h5-13,20-21,25-29H,14-19H2,1-4H3,(H,37,41)(H,38,42)(H,39,46)(H,44,45)/t25-,26+,27+,29+/m1/s1. The highest BCUT2D eigenvalue weighted by molar-refractivity contribution is 5.94. The zero-order chi connectivity index (χ0) is 34.7. The van der Waals surface area contributed by atoms with Crippen molar-refractivity contribution in [2.45, 2.75) is 77.4 Å². The minimum absolute atomic E-state index is 0.0552. The number of halogens is 2. The van der Waals surface area contributed by atoms with Gasteiger partial charge < -0.3 is 30.7 Å². The van der Waals surface area contributed by atoms with E-state index in [1.54, 1.807) is 26.0 Å². The van der Waals surface area contributed by atoms with Gasteiger partial charge in [-0.05, 0) is 47.9 Å². The highest BCUT2D eigenvalue weighted by Gasteiger charge is 2.44. The van der Waals surface area contributed by atoms with Crippen molar-refractivity contribution in [1.82, 2.24) is 20.9 Å². The number of nitrogens with one attached hydrogen (secondary N) is 3. The molecule has 4 N–H and O–H groups in total. The monoisotopic (exact) mass is 658 g/mol. The van der Waals surface area contributed by atoms with Gasteiger partial charge in [0, 0.05) is 25.4 Å². The van der Waals surface area contributed by atoms with E-state index in [-0.39, 0.29) is 49.4 Å². The van der Waals surface area contributed by atoms with Crippen LogP contribution in [0.5, 0.6) is 0 Å². The quantitative estimate of drug-likeness (QED) is 0.226. The number of ether oxygens (including phenoxy) is 1. The predicted octanol–water partition coefficient (Wildman–Crippen LogP) is 3.98. The molecule has 0 unspecified atom stereocenters. The molecule has 47 heavy (non-hydrogen) atoms. The maximum atomic E-state index is 13.9. The molecule has 2 aromatic carbocycles. The Kier molecular flexibility index (Phi) is 13.7. The van der Waals surface area contributed by atoms with Crippen molar-refractivity contribution in [3.8, 4) is 0 Å². The number of carboxylic acid groups (broad SMARTS) is 1. The Bertz CT molecular complexity index is 1370. The summed E-state index contributed by atoms with van der Waals surface area (Å²) in [7, 11) is 0. The molecule has 1 aliphatic rings. The molecule has 0 spiro atoms. The molecular weight excluding hydrogens is 614 g/mol. The Hall–Kier alpha value is -4.55. The van der Waals surface area contributed by atoms with E-state index in [1.807, 2.05) is 44.2 Å². The lowest BCUT2D eigenvalue weighted by Crippen LogP contribution is -2.57. The predicted molar refractivity (Wildman–Crippen MR) is 170 cm³/mol. The number of benzene rings is 2. The highest BCUT2D eigenvalue weighted by Crippen LogP contribution is 2.33. The summed E-state index contributed by atoms with van der Waals surface area (Å²) in [6.07, 6.45) is -4.13. The van der Waals surface area contributed by atoms with Crippen molar-refractivity contribution in [2.75, 3.05) is 19.7 Å². The van der Waals surface area contributed by atoms with Gasteiger partial charge in [0.2, 0.25) is 24.1 Å². The lowest BCUT2D eigenvalue weighted by atomic mass is 9.96. The SMILES string of the molecule is CC(C)COC(=O)N[C@H](C(=O)N1C[C@H](c2ccccc2)C[C@H]1C(=O)N[C@@H](CC(F)F)C(=O)NCCc1ccc(C(=O)O)cc1)C(C)C. The van der Waals surface area contributed by atoms with Crippen LogP contribution in [0, 0.1) is 11.8 Å². The summed E-state index contributed by atoms with van der Waals surface area (Å²) in [6.45, 7) is 7.58. The topological polar surface area (TPSA) is 154 Å². The Morgan fingerprint density at radius 2 is 1.62 bits per heavy atom. The summed E-state index contributed by atoms with van der Waals surface area (Å²) >= 11 is 0. The zero-order valence-electron chi connectivity index (χ0n) is 27.1. The number of hydrogen-bond acceptors (Lipinski definition) is 6. The summed E-state index contributed by atoms with van der Waals surface area (Å²) in [4.78, 5) is 65.6. The first kappa shape index (κ1) is 36.9. The maximum absolute atomic E-state index is 13.9. The van der Waals surface area contributed by atoms with Gasteiger partial charge in [0.1, 0.15) is 18.1 Å².